The van der Waals surface area contributed by atoms with E-state index in [4.69, 9.17) is 14.9 Å². The fraction of sp³-hybridized carbons (Fsp3) is 0.440. The lowest BCUT2D eigenvalue weighted by Gasteiger charge is -2.23. The van der Waals surface area contributed by atoms with E-state index in [2.05, 4.69) is 21.9 Å². The molecule has 2 saturated heterocycles. The molecule has 2 aliphatic heterocycles. The molecule has 5 rings (SSSR count). The lowest BCUT2D eigenvalue weighted by atomic mass is 9.97. The quantitative estimate of drug-likeness (QED) is 0.282. The van der Waals surface area contributed by atoms with E-state index >= 15 is 0 Å². The van der Waals surface area contributed by atoms with Gasteiger partial charge < -0.3 is 9.72 Å². The number of H-pyrrole nitrogens is 1. The molecule has 3 aromatic rings. The second-order valence-electron chi connectivity index (χ2n) is 9.45. The number of aromatic nitrogens is 4. The van der Waals surface area contributed by atoms with Gasteiger partial charge in [0, 0.05) is 44.8 Å². The van der Waals surface area contributed by atoms with Crippen LogP contribution < -0.4 is 11.0 Å². The van der Waals surface area contributed by atoms with Crippen molar-refractivity contribution < 1.29 is 14.7 Å². The summed E-state index contributed by atoms with van der Waals surface area (Å²) in [5.41, 5.74) is 4.15. The van der Waals surface area contributed by atoms with Gasteiger partial charge in [0.05, 0.1) is 12.2 Å². The number of nitrogens with zero attached hydrogens (tertiary/aromatic N) is 4. The zero-order valence-electron chi connectivity index (χ0n) is 19.7. The minimum atomic E-state index is -0.563. The number of carbonyl (C=O) groups is 1. The van der Waals surface area contributed by atoms with Crippen molar-refractivity contribution in [3.63, 3.8) is 0 Å². The zero-order chi connectivity index (χ0) is 24.4. The van der Waals surface area contributed by atoms with Crippen molar-refractivity contribution in [1.82, 2.24) is 30.1 Å². The number of fused-ring (bicyclic) bond motifs is 1. The standard InChI is InChI=1S/C25H30N6O4/c1-16-13-30(14-18-4-2-17(3-5-18)6-7-22(32)29-34)15-21(16)23-27-24-20(25(33)28-23)12-26-31(24)19-8-10-35-11-9-19/h2-7,12,16,19,21,34H,8-11,13-15H2,1H3,(H,29,32)(H,27,28,33)/b7-6+/t16-,21-/m0/s1. The number of carbonyl (C=O) groups excluding carboxylic acids is 1. The molecular formula is C25H30N6O4. The summed E-state index contributed by atoms with van der Waals surface area (Å²) in [6, 6.07) is 8.16. The number of ether oxygens (including phenoxy) is 1. The Kier molecular flexibility index (Phi) is 6.76. The summed E-state index contributed by atoms with van der Waals surface area (Å²) < 4.78 is 7.39. The first-order valence-electron chi connectivity index (χ1n) is 12.0. The van der Waals surface area contributed by atoms with E-state index in [1.165, 1.54) is 6.08 Å². The van der Waals surface area contributed by atoms with Gasteiger partial charge in [0.15, 0.2) is 5.65 Å². The molecule has 35 heavy (non-hydrogen) atoms. The Balaban J connectivity index is 1.31. The van der Waals surface area contributed by atoms with Crippen LogP contribution in [0.1, 0.15) is 48.7 Å². The van der Waals surface area contributed by atoms with Gasteiger partial charge in [0.2, 0.25) is 0 Å². The highest BCUT2D eigenvalue weighted by atomic mass is 16.5. The fourth-order valence-corrected chi connectivity index (χ4v) is 5.08. The number of amides is 1. The maximum absolute atomic E-state index is 12.8. The molecule has 0 unspecified atom stereocenters. The van der Waals surface area contributed by atoms with Crippen molar-refractivity contribution in [3.8, 4) is 0 Å². The Morgan fingerprint density at radius 3 is 2.77 bits per heavy atom. The number of likely N-dealkylation sites (tertiary alicyclic amines) is 1. The molecule has 1 amide bonds. The SMILES string of the molecule is C[C@H]1CN(Cc2ccc(/C=C/C(=O)NO)cc2)C[C@@H]1c1nc2c(cnn2C2CCOCC2)c(=O)[nH]1. The smallest absolute Gasteiger partial charge is 0.267 e. The molecule has 4 heterocycles. The van der Waals surface area contributed by atoms with E-state index in [9.17, 15) is 9.59 Å². The van der Waals surface area contributed by atoms with Gasteiger partial charge in [0.25, 0.3) is 11.5 Å². The number of aromatic amines is 1. The molecule has 10 heteroatoms. The molecule has 2 aliphatic rings. The van der Waals surface area contributed by atoms with Crippen LogP contribution in [0, 0.1) is 5.92 Å². The molecule has 1 aromatic carbocycles. The minimum Gasteiger partial charge on any atom is -0.381 e. The van der Waals surface area contributed by atoms with Crippen LogP contribution >= 0.6 is 0 Å². The zero-order valence-corrected chi connectivity index (χ0v) is 19.7. The molecule has 10 nitrogen and oxygen atoms in total. The molecule has 2 atom stereocenters. The average Bonchev–Trinajstić information content (AvgIpc) is 3.47. The molecule has 0 bridgehead atoms. The Morgan fingerprint density at radius 1 is 1.26 bits per heavy atom. The van der Waals surface area contributed by atoms with E-state index < -0.39 is 5.91 Å². The predicted octanol–water partition coefficient (Wildman–Crippen LogP) is 2.23. The number of hydrogen-bond acceptors (Lipinski definition) is 7. The normalized spacial score (nSPS) is 21.8. The van der Waals surface area contributed by atoms with Gasteiger partial charge >= 0.3 is 0 Å². The maximum atomic E-state index is 12.8. The van der Waals surface area contributed by atoms with Gasteiger partial charge in [-0.1, -0.05) is 31.2 Å². The first-order chi connectivity index (χ1) is 17.0. The molecule has 0 saturated carbocycles. The van der Waals surface area contributed by atoms with Crippen molar-refractivity contribution in [1.29, 1.82) is 0 Å². The van der Waals surface area contributed by atoms with E-state index in [1.807, 2.05) is 28.9 Å². The van der Waals surface area contributed by atoms with Crippen molar-refractivity contribution in [2.45, 2.75) is 38.3 Å². The van der Waals surface area contributed by atoms with Crippen molar-refractivity contribution in [2.24, 2.45) is 5.92 Å². The third-order valence-corrected chi connectivity index (χ3v) is 6.98. The molecule has 2 aromatic heterocycles. The molecule has 0 spiro atoms. The van der Waals surface area contributed by atoms with Gasteiger partial charge in [-0.25, -0.2) is 15.1 Å². The third-order valence-electron chi connectivity index (χ3n) is 6.98. The number of hydrogen-bond donors (Lipinski definition) is 3. The molecule has 0 aliphatic carbocycles. The van der Waals surface area contributed by atoms with E-state index in [1.54, 1.807) is 17.8 Å². The van der Waals surface area contributed by atoms with Crippen LogP contribution in [-0.2, 0) is 16.1 Å². The number of rotatable bonds is 6. The Hall–Kier alpha value is -3.34. The average molecular weight is 479 g/mol. The molecule has 3 N–H and O–H groups in total. The van der Waals surface area contributed by atoms with Gasteiger partial charge in [-0.3, -0.25) is 19.7 Å². The highest BCUT2D eigenvalue weighted by molar-refractivity contribution is 5.90. The summed E-state index contributed by atoms with van der Waals surface area (Å²) in [4.78, 5) is 34.3. The second kappa shape index (κ2) is 10.1. The van der Waals surface area contributed by atoms with Gasteiger partial charge in [-0.15, -0.1) is 0 Å². The summed E-state index contributed by atoms with van der Waals surface area (Å²) in [6.07, 6.45) is 6.29. The number of benzene rings is 1. The first-order valence-corrected chi connectivity index (χ1v) is 12.0. The van der Waals surface area contributed by atoms with Gasteiger partial charge in [-0.05, 0) is 36.0 Å². The van der Waals surface area contributed by atoms with Crippen LogP contribution in [0.2, 0.25) is 0 Å². The lowest BCUT2D eigenvalue weighted by Crippen LogP contribution is -2.23. The van der Waals surface area contributed by atoms with Crippen LogP contribution in [0.4, 0.5) is 0 Å². The Bertz CT molecular complexity index is 1280. The number of nitrogens with one attached hydrogen (secondary N) is 2. The van der Waals surface area contributed by atoms with Crippen LogP contribution in [-0.4, -0.2) is 62.1 Å². The van der Waals surface area contributed by atoms with Crippen LogP contribution in [0.25, 0.3) is 17.1 Å². The van der Waals surface area contributed by atoms with Gasteiger partial charge in [0.1, 0.15) is 11.2 Å². The van der Waals surface area contributed by atoms with Crippen LogP contribution in [0.3, 0.4) is 0 Å². The molecular weight excluding hydrogens is 448 g/mol. The highest BCUT2D eigenvalue weighted by Crippen LogP contribution is 2.32. The summed E-state index contributed by atoms with van der Waals surface area (Å²) in [7, 11) is 0. The van der Waals surface area contributed by atoms with Gasteiger partial charge in [-0.2, -0.15) is 5.10 Å². The first kappa shape index (κ1) is 23.4. The van der Waals surface area contributed by atoms with E-state index in [-0.39, 0.29) is 17.5 Å². The van der Waals surface area contributed by atoms with Crippen LogP contribution in [0.15, 0.2) is 41.3 Å². The molecule has 2 fully saturated rings. The highest BCUT2D eigenvalue weighted by Gasteiger charge is 2.33. The largest absolute Gasteiger partial charge is 0.381 e. The van der Waals surface area contributed by atoms with E-state index in [0.29, 0.717) is 30.2 Å². The summed E-state index contributed by atoms with van der Waals surface area (Å²) >= 11 is 0. The maximum Gasteiger partial charge on any atom is 0.267 e. The minimum absolute atomic E-state index is 0.129. The van der Waals surface area contributed by atoms with Crippen molar-refractivity contribution in [3.05, 3.63) is 63.8 Å². The third kappa shape index (κ3) is 5.04. The summed E-state index contributed by atoms with van der Waals surface area (Å²) in [6.45, 7) is 6.10. The predicted molar refractivity (Wildman–Crippen MR) is 130 cm³/mol. The fourth-order valence-electron chi connectivity index (χ4n) is 5.08. The Morgan fingerprint density at radius 2 is 2.03 bits per heavy atom. The topological polar surface area (TPSA) is 125 Å². The van der Waals surface area contributed by atoms with E-state index in [0.717, 1.165) is 49.4 Å². The lowest BCUT2D eigenvalue weighted by molar-refractivity contribution is -0.124. The number of hydroxylamine groups is 1. The van der Waals surface area contributed by atoms with Crippen LogP contribution in [0.5, 0.6) is 0 Å². The van der Waals surface area contributed by atoms with Crippen molar-refractivity contribution >= 4 is 23.0 Å². The second-order valence-corrected chi connectivity index (χ2v) is 9.45. The Labute approximate surface area is 202 Å². The summed E-state index contributed by atoms with van der Waals surface area (Å²) in [5.74, 6) is 0.638. The monoisotopic (exact) mass is 478 g/mol. The molecule has 0 radical (unpaired) electrons. The van der Waals surface area contributed by atoms with Crippen molar-refractivity contribution in [2.75, 3.05) is 26.3 Å². The summed E-state index contributed by atoms with van der Waals surface area (Å²) in [5, 5.41) is 13.6. The molecule has 184 valence electrons.